The van der Waals surface area contributed by atoms with Gasteiger partial charge in [-0.25, -0.2) is 9.18 Å². The highest BCUT2D eigenvalue weighted by Crippen LogP contribution is 2.46. The second-order valence-electron chi connectivity index (χ2n) is 8.94. The number of Topliss-reactive ketones (excluding diaryl/α,β-unsaturated/α-hetero) is 1. The quantitative estimate of drug-likeness (QED) is 0.422. The van der Waals surface area contributed by atoms with Gasteiger partial charge in [-0.3, -0.25) is 9.79 Å². The summed E-state index contributed by atoms with van der Waals surface area (Å²) in [5.74, 6) is -1.14. The lowest BCUT2D eigenvalue weighted by atomic mass is 9.63. The van der Waals surface area contributed by atoms with E-state index in [2.05, 4.69) is 13.8 Å². The Bertz CT molecular complexity index is 771. The van der Waals surface area contributed by atoms with E-state index in [0.717, 1.165) is 11.3 Å². The number of ketones is 1. The van der Waals surface area contributed by atoms with Crippen molar-refractivity contribution in [1.82, 2.24) is 0 Å². The Kier molecular flexibility index (Phi) is 7.73. The molecule has 0 bridgehead atoms. The first-order chi connectivity index (χ1) is 13.6. The fraction of sp³-hybridized carbons (Fsp3) is 0.625. The van der Waals surface area contributed by atoms with E-state index in [1.54, 1.807) is 13.0 Å². The molecule has 0 aromatic carbocycles. The lowest BCUT2D eigenvalue weighted by Gasteiger charge is -2.41. The molecule has 0 radical (unpaired) electrons. The molecule has 2 unspecified atom stereocenters. The summed E-state index contributed by atoms with van der Waals surface area (Å²) in [7, 11) is 0. The number of fused-ring (bicyclic) bond motifs is 1. The van der Waals surface area contributed by atoms with Gasteiger partial charge in [0.2, 0.25) is 0 Å². The van der Waals surface area contributed by atoms with Crippen LogP contribution in [-0.2, 0) is 14.3 Å². The van der Waals surface area contributed by atoms with Crippen molar-refractivity contribution in [2.24, 2.45) is 28.2 Å². The summed E-state index contributed by atoms with van der Waals surface area (Å²) in [4.78, 5) is 31.0. The molecule has 1 saturated carbocycles. The number of hydrogen-bond donors (Lipinski definition) is 0. The number of esters is 1. The van der Waals surface area contributed by atoms with Crippen molar-refractivity contribution >= 4 is 17.5 Å². The number of allylic oxidation sites excluding steroid dienone is 5. The summed E-state index contributed by atoms with van der Waals surface area (Å²) >= 11 is 0. The molecule has 1 aliphatic carbocycles. The first-order valence-electron chi connectivity index (χ1n) is 10.6. The van der Waals surface area contributed by atoms with Crippen LogP contribution in [0.5, 0.6) is 0 Å². The SMILES string of the molecule is CCOC(=O)C1=C(CC)N=C2CC(C)(C)CC(=O)C2C1C(C=CCF)=CC(C)C. The summed E-state index contributed by atoms with van der Waals surface area (Å²) < 4.78 is 18.3. The minimum absolute atomic E-state index is 0.0882. The van der Waals surface area contributed by atoms with Gasteiger partial charge in [0.1, 0.15) is 12.5 Å². The highest BCUT2D eigenvalue weighted by atomic mass is 19.1. The largest absolute Gasteiger partial charge is 0.463 e. The third-order valence-electron chi connectivity index (χ3n) is 5.37. The molecule has 1 fully saturated rings. The second kappa shape index (κ2) is 9.64. The van der Waals surface area contributed by atoms with Crippen LogP contribution in [0.3, 0.4) is 0 Å². The monoisotopic (exact) mass is 403 g/mol. The van der Waals surface area contributed by atoms with Crippen LogP contribution < -0.4 is 0 Å². The lowest BCUT2D eigenvalue weighted by Crippen LogP contribution is -2.45. The molecule has 2 atom stereocenters. The maximum atomic E-state index is 13.3. The van der Waals surface area contributed by atoms with Gasteiger partial charge >= 0.3 is 5.97 Å². The Labute approximate surface area is 174 Å². The van der Waals surface area contributed by atoms with Gasteiger partial charge in [-0.15, -0.1) is 0 Å². The number of nitrogens with zero attached hydrogens (tertiary/aromatic N) is 1. The summed E-state index contributed by atoms with van der Waals surface area (Å²) in [5.41, 5.74) is 2.59. The zero-order chi connectivity index (χ0) is 21.8. The number of carbonyl (C=O) groups excluding carboxylic acids is 2. The number of ether oxygens (including phenoxy) is 1. The van der Waals surface area contributed by atoms with Crippen LogP contribution in [0.1, 0.15) is 60.8 Å². The molecule has 2 aliphatic rings. The van der Waals surface area contributed by atoms with Gasteiger partial charge in [0.05, 0.1) is 23.8 Å². The highest BCUT2D eigenvalue weighted by Gasteiger charge is 2.48. The molecular formula is C24H34FNO3. The molecule has 0 spiro atoms. The first-order valence-corrected chi connectivity index (χ1v) is 10.6. The number of carbonyl (C=O) groups is 2. The van der Waals surface area contributed by atoms with E-state index in [4.69, 9.17) is 9.73 Å². The van der Waals surface area contributed by atoms with Gasteiger partial charge in [0.25, 0.3) is 0 Å². The molecular weight excluding hydrogens is 369 g/mol. The Morgan fingerprint density at radius 2 is 2.00 bits per heavy atom. The number of aliphatic imine (C=N–C) groups is 1. The van der Waals surface area contributed by atoms with Crippen molar-refractivity contribution in [3.05, 3.63) is 35.1 Å². The van der Waals surface area contributed by atoms with E-state index in [0.29, 0.717) is 30.5 Å². The van der Waals surface area contributed by atoms with Gasteiger partial charge in [-0.05, 0) is 36.7 Å². The second-order valence-corrected chi connectivity index (χ2v) is 8.94. The fourth-order valence-electron chi connectivity index (χ4n) is 4.41. The van der Waals surface area contributed by atoms with Gasteiger partial charge < -0.3 is 4.74 Å². The zero-order valence-corrected chi connectivity index (χ0v) is 18.5. The first kappa shape index (κ1) is 23.2. The summed E-state index contributed by atoms with van der Waals surface area (Å²) in [6.45, 7) is 11.6. The average Bonchev–Trinajstić information content (AvgIpc) is 2.62. The topological polar surface area (TPSA) is 55.7 Å². The summed E-state index contributed by atoms with van der Waals surface area (Å²) in [6.07, 6.45) is 6.88. The minimum atomic E-state index is -0.603. The number of alkyl halides is 1. The van der Waals surface area contributed by atoms with E-state index < -0.39 is 24.5 Å². The van der Waals surface area contributed by atoms with Crippen LogP contribution in [0.15, 0.2) is 40.1 Å². The van der Waals surface area contributed by atoms with E-state index >= 15 is 0 Å². The van der Waals surface area contributed by atoms with Crippen LogP contribution in [0, 0.1) is 23.2 Å². The van der Waals surface area contributed by atoms with Crippen LogP contribution in [0.25, 0.3) is 0 Å². The molecule has 0 aromatic heterocycles. The molecule has 5 heteroatoms. The Morgan fingerprint density at radius 1 is 1.31 bits per heavy atom. The van der Waals surface area contributed by atoms with E-state index in [-0.39, 0.29) is 23.7 Å². The van der Waals surface area contributed by atoms with Crippen molar-refractivity contribution in [3.63, 3.8) is 0 Å². The van der Waals surface area contributed by atoms with Gasteiger partial charge in [0, 0.05) is 18.1 Å². The summed E-state index contributed by atoms with van der Waals surface area (Å²) in [6, 6.07) is 0. The highest BCUT2D eigenvalue weighted by molar-refractivity contribution is 6.11. The van der Waals surface area contributed by atoms with Crippen molar-refractivity contribution in [2.45, 2.75) is 60.8 Å². The molecule has 2 rings (SSSR count). The molecule has 160 valence electrons. The van der Waals surface area contributed by atoms with Crippen molar-refractivity contribution in [3.8, 4) is 0 Å². The Hall–Kier alpha value is -2.04. The van der Waals surface area contributed by atoms with Gasteiger partial charge in [-0.2, -0.15) is 0 Å². The van der Waals surface area contributed by atoms with E-state index in [1.807, 2.05) is 26.8 Å². The molecule has 29 heavy (non-hydrogen) atoms. The van der Waals surface area contributed by atoms with Crippen LogP contribution in [0.4, 0.5) is 4.39 Å². The Morgan fingerprint density at radius 3 is 2.55 bits per heavy atom. The standard InChI is InChI=1S/C24H34FNO3/c1-7-17-22(23(28)29-8-2)20(16(10-9-11-25)12-15(3)4)21-18(26-17)13-24(5,6)14-19(21)27/h9-10,12,15,20-21H,7-8,11,13-14H2,1-6H3. The maximum absolute atomic E-state index is 13.3. The smallest absolute Gasteiger partial charge is 0.336 e. The average molecular weight is 404 g/mol. The minimum Gasteiger partial charge on any atom is -0.463 e. The number of rotatable bonds is 7. The number of hydrogen-bond acceptors (Lipinski definition) is 4. The van der Waals surface area contributed by atoms with Crippen molar-refractivity contribution < 1.29 is 18.7 Å². The molecule has 4 nitrogen and oxygen atoms in total. The predicted octanol–water partition coefficient (Wildman–Crippen LogP) is 5.40. The molecule has 1 heterocycles. The zero-order valence-electron chi connectivity index (χ0n) is 18.5. The predicted molar refractivity (Wildman–Crippen MR) is 114 cm³/mol. The third kappa shape index (κ3) is 5.31. The van der Waals surface area contributed by atoms with E-state index in [1.165, 1.54) is 6.08 Å². The van der Waals surface area contributed by atoms with Crippen LogP contribution in [0.2, 0.25) is 0 Å². The van der Waals surface area contributed by atoms with Crippen LogP contribution in [-0.4, -0.2) is 30.7 Å². The molecule has 0 N–H and O–H groups in total. The molecule has 0 amide bonds. The van der Waals surface area contributed by atoms with Crippen molar-refractivity contribution in [1.29, 1.82) is 0 Å². The molecule has 0 saturated heterocycles. The lowest BCUT2D eigenvalue weighted by molar-refractivity contribution is -0.139. The third-order valence-corrected chi connectivity index (χ3v) is 5.37. The normalized spacial score (nSPS) is 24.8. The van der Waals surface area contributed by atoms with Gasteiger partial charge in [-0.1, -0.05) is 52.8 Å². The molecule has 0 aromatic rings. The summed E-state index contributed by atoms with van der Waals surface area (Å²) in [5, 5.41) is 0. The maximum Gasteiger partial charge on any atom is 0.336 e. The van der Waals surface area contributed by atoms with Crippen LogP contribution >= 0.6 is 0 Å². The van der Waals surface area contributed by atoms with Gasteiger partial charge in [0.15, 0.2) is 0 Å². The number of halogens is 1. The Balaban J connectivity index is 2.74. The van der Waals surface area contributed by atoms with E-state index in [9.17, 15) is 14.0 Å². The molecule has 1 aliphatic heterocycles. The van der Waals surface area contributed by atoms with Crippen molar-refractivity contribution in [2.75, 3.05) is 13.3 Å². The fourth-order valence-corrected chi connectivity index (χ4v) is 4.41.